The number of pyridine rings is 1. The fraction of sp³-hybridized carbons (Fsp3) is 0.467. The molecule has 1 aromatic rings. The molecule has 0 bridgehead atoms. The van der Waals surface area contributed by atoms with Gasteiger partial charge >= 0.3 is 5.97 Å². The molecule has 1 aromatic heterocycles. The molecule has 0 saturated heterocycles. The van der Waals surface area contributed by atoms with Crippen molar-refractivity contribution in [3.8, 4) is 11.8 Å². The van der Waals surface area contributed by atoms with E-state index in [2.05, 4.69) is 11.8 Å². The summed E-state index contributed by atoms with van der Waals surface area (Å²) in [6.45, 7) is 7.83. The Morgan fingerprint density at radius 3 is 2.68 bits per heavy atom. The minimum atomic E-state index is -0.382. The molecule has 0 aliphatic rings. The Kier molecular flexibility index (Phi) is 5.37. The van der Waals surface area contributed by atoms with Crippen LogP contribution in [0.4, 0.5) is 0 Å². The molecule has 0 saturated carbocycles. The van der Waals surface area contributed by atoms with Crippen LogP contribution in [0.15, 0.2) is 10.9 Å². The molecule has 4 nitrogen and oxygen atoms in total. The highest BCUT2D eigenvalue weighted by Gasteiger charge is 2.17. The molecular weight excluding hydrogens is 242 g/mol. The van der Waals surface area contributed by atoms with Gasteiger partial charge in [0.25, 0.3) is 5.56 Å². The zero-order valence-corrected chi connectivity index (χ0v) is 11.9. The Hall–Kier alpha value is -2.02. The molecule has 0 fully saturated rings. The molecule has 0 aliphatic carbocycles. The van der Waals surface area contributed by atoms with Crippen molar-refractivity contribution in [3.63, 3.8) is 0 Å². The lowest BCUT2D eigenvalue weighted by atomic mass is 10.1. The van der Waals surface area contributed by atoms with Gasteiger partial charge in [-0.15, -0.1) is 11.8 Å². The van der Waals surface area contributed by atoms with E-state index in [-0.39, 0.29) is 11.5 Å². The maximum Gasteiger partial charge on any atom is 0.340 e. The van der Waals surface area contributed by atoms with Crippen LogP contribution in [-0.4, -0.2) is 17.1 Å². The van der Waals surface area contributed by atoms with Gasteiger partial charge in [-0.2, -0.15) is 0 Å². The minimum absolute atomic E-state index is 0.110. The third kappa shape index (κ3) is 3.47. The summed E-state index contributed by atoms with van der Waals surface area (Å²) < 4.78 is 6.60. The van der Waals surface area contributed by atoms with Gasteiger partial charge in [0.05, 0.1) is 12.2 Å². The van der Waals surface area contributed by atoms with Crippen LogP contribution in [-0.2, 0) is 11.3 Å². The number of carbonyl (C=O) groups excluding carboxylic acids is 1. The molecule has 0 unspecified atom stereocenters. The lowest BCUT2D eigenvalue weighted by Crippen LogP contribution is -2.26. The summed E-state index contributed by atoms with van der Waals surface area (Å²) in [7, 11) is 0. The van der Waals surface area contributed by atoms with E-state index < -0.39 is 0 Å². The number of rotatable bonds is 4. The Labute approximate surface area is 113 Å². The molecule has 0 radical (unpaired) electrons. The van der Waals surface area contributed by atoms with E-state index in [1.807, 2.05) is 0 Å². The Bertz CT molecular complexity index is 588. The van der Waals surface area contributed by atoms with Gasteiger partial charge in [0.2, 0.25) is 0 Å². The molecule has 0 aliphatic heterocycles. The number of hydrogen-bond acceptors (Lipinski definition) is 3. The van der Waals surface area contributed by atoms with Crippen LogP contribution in [0, 0.1) is 25.7 Å². The molecule has 0 spiro atoms. The molecular formula is C15H19NO3. The number of aromatic nitrogens is 1. The summed E-state index contributed by atoms with van der Waals surface area (Å²) in [5.41, 5.74) is 1.66. The van der Waals surface area contributed by atoms with Crippen LogP contribution < -0.4 is 5.56 Å². The molecule has 0 amide bonds. The second-order valence-electron chi connectivity index (χ2n) is 4.17. The van der Waals surface area contributed by atoms with E-state index in [0.717, 1.165) is 0 Å². The maximum atomic E-state index is 12.0. The predicted octanol–water partition coefficient (Wildman–Crippen LogP) is 2.06. The van der Waals surface area contributed by atoms with E-state index >= 15 is 0 Å². The molecule has 1 heterocycles. The zero-order chi connectivity index (χ0) is 14.4. The van der Waals surface area contributed by atoms with Gasteiger partial charge in [0.1, 0.15) is 0 Å². The molecule has 4 heteroatoms. The lowest BCUT2D eigenvalue weighted by molar-refractivity contribution is 0.0523. The second kappa shape index (κ2) is 6.79. The van der Waals surface area contributed by atoms with E-state index in [0.29, 0.717) is 36.4 Å². The van der Waals surface area contributed by atoms with Gasteiger partial charge in [0, 0.05) is 24.7 Å². The SMILES string of the molecule is CC#CCCn1c(C)c(C(=O)OCC)c(C)cc1=O. The van der Waals surface area contributed by atoms with Gasteiger partial charge in [0.15, 0.2) is 0 Å². The lowest BCUT2D eigenvalue weighted by Gasteiger charge is -2.14. The van der Waals surface area contributed by atoms with E-state index in [4.69, 9.17) is 4.74 Å². The topological polar surface area (TPSA) is 48.3 Å². The number of hydrogen-bond donors (Lipinski definition) is 0. The highest BCUT2D eigenvalue weighted by molar-refractivity contribution is 5.92. The minimum Gasteiger partial charge on any atom is -0.462 e. The molecule has 0 atom stereocenters. The Morgan fingerprint density at radius 1 is 1.42 bits per heavy atom. The van der Waals surface area contributed by atoms with Crippen molar-refractivity contribution >= 4 is 5.97 Å². The average molecular weight is 261 g/mol. The Balaban J connectivity index is 3.24. The van der Waals surface area contributed by atoms with Crippen molar-refractivity contribution in [2.75, 3.05) is 6.61 Å². The monoisotopic (exact) mass is 261 g/mol. The van der Waals surface area contributed by atoms with Gasteiger partial charge in [-0.3, -0.25) is 4.79 Å². The molecule has 19 heavy (non-hydrogen) atoms. The van der Waals surface area contributed by atoms with Crippen molar-refractivity contribution in [1.29, 1.82) is 0 Å². The van der Waals surface area contributed by atoms with Crippen LogP contribution in [0.2, 0.25) is 0 Å². The summed E-state index contributed by atoms with van der Waals surface area (Å²) >= 11 is 0. The zero-order valence-electron chi connectivity index (χ0n) is 11.9. The third-order valence-corrected chi connectivity index (χ3v) is 2.88. The number of carbonyl (C=O) groups is 1. The molecule has 0 aromatic carbocycles. The summed E-state index contributed by atoms with van der Waals surface area (Å²) in [4.78, 5) is 23.9. The summed E-state index contributed by atoms with van der Waals surface area (Å²) in [6.07, 6.45) is 0.586. The largest absolute Gasteiger partial charge is 0.462 e. The van der Waals surface area contributed by atoms with Gasteiger partial charge in [-0.05, 0) is 33.3 Å². The fourth-order valence-electron chi connectivity index (χ4n) is 2.00. The van der Waals surface area contributed by atoms with Crippen molar-refractivity contribution in [3.05, 3.63) is 33.2 Å². The Morgan fingerprint density at radius 2 is 2.11 bits per heavy atom. The highest BCUT2D eigenvalue weighted by atomic mass is 16.5. The molecule has 102 valence electrons. The molecule has 0 N–H and O–H groups in total. The molecule has 1 rings (SSSR count). The van der Waals surface area contributed by atoms with Crippen molar-refractivity contribution in [2.24, 2.45) is 0 Å². The summed E-state index contributed by atoms with van der Waals surface area (Å²) in [5.74, 6) is 5.32. The number of aryl methyl sites for hydroxylation is 1. The van der Waals surface area contributed by atoms with E-state index in [1.54, 1.807) is 32.3 Å². The first-order valence-electron chi connectivity index (χ1n) is 6.30. The number of esters is 1. The third-order valence-electron chi connectivity index (χ3n) is 2.88. The van der Waals surface area contributed by atoms with E-state index in [1.165, 1.54) is 6.07 Å². The first-order chi connectivity index (χ1) is 9.02. The van der Waals surface area contributed by atoms with Crippen molar-refractivity contribution < 1.29 is 9.53 Å². The van der Waals surface area contributed by atoms with Gasteiger partial charge in [-0.1, -0.05) is 0 Å². The predicted molar refractivity (Wildman–Crippen MR) is 74.2 cm³/mol. The number of nitrogens with zero attached hydrogens (tertiary/aromatic N) is 1. The number of ether oxygens (including phenoxy) is 1. The maximum absolute atomic E-state index is 12.0. The standard InChI is InChI=1S/C15H19NO3/c1-5-7-8-9-16-12(4)14(15(18)19-6-2)11(3)10-13(16)17/h10H,6,8-9H2,1-4H3. The van der Waals surface area contributed by atoms with Crippen LogP contribution >= 0.6 is 0 Å². The quantitative estimate of drug-likeness (QED) is 0.615. The summed E-state index contributed by atoms with van der Waals surface area (Å²) in [5, 5.41) is 0. The van der Waals surface area contributed by atoms with Crippen LogP contribution in [0.25, 0.3) is 0 Å². The fourth-order valence-corrected chi connectivity index (χ4v) is 2.00. The van der Waals surface area contributed by atoms with Crippen molar-refractivity contribution in [1.82, 2.24) is 4.57 Å². The van der Waals surface area contributed by atoms with E-state index in [9.17, 15) is 9.59 Å². The van der Waals surface area contributed by atoms with Crippen LogP contribution in [0.5, 0.6) is 0 Å². The first kappa shape index (κ1) is 15.0. The average Bonchev–Trinajstić information content (AvgIpc) is 2.33. The van der Waals surface area contributed by atoms with Gasteiger partial charge < -0.3 is 9.30 Å². The van der Waals surface area contributed by atoms with Crippen LogP contribution in [0.1, 0.15) is 41.9 Å². The van der Waals surface area contributed by atoms with Crippen molar-refractivity contribution in [2.45, 2.75) is 40.7 Å². The smallest absolute Gasteiger partial charge is 0.340 e. The van der Waals surface area contributed by atoms with Crippen LogP contribution in [0.3, 0.4) is 0 Å². The second-order valence-corrected chi connectivity index (χ2v) is 4.17. The first-order valence-corrected chi connectivity index (χ1v) is 6.30. The summed E-state index contributed by atoms with van der Waals surface area (Å²) in [6, 6.07) is 1.47. The highest BCUT2D eigenvalue weighted by Crippen LogP contribution is 2.13. The normalized spacial score (nSPS) is 9.68. The van der Waals surface area contributed by atoms with Gasteiger partial charge in [-0.25, -0.2) is 4.79 Å².